The molecule has 7 rings (SSSR count). The first kappa shape index (κ1) is 15.1. The van der Waals surface area contributed by atoms with Crippen molar-refractivity contribution in [3.63, 3.8) is 0 Å². The summed E-state index contributed by atoms with van der Waals surface area (Å²) < 4.78 is 0. The van der Waals surface area contributed by atoms with Crippen molar-refractivity contribution in [3.8, 4) is 0 Å². The molecule has 0 amide bonds. The van der Waals surface area contributed by atoms with Gasteiger partial charge in [-0.3, -0.25) is 0 Å². The van der Waals surface area contributed by atoms with Crippen molar-refractivity contribution in [2.45, 2.75) is 56.9 Å². The zero-order valence-corrected chi connectivity index (χ0v) is 16.0. The van der Waals surface area contributed by atoms with Gasteiger partial charge in [-0.25, -0.2) is 4.98 Å². The Labute approximate surface area is 160 Å². The molecule has 0 radical (unpaired) electrons. The standard InChI is InChI=1S/C23H28N4/c1-4-8-27(9-5-1)21-24-19-7-3-2-6-18(19)20(25-21)26-22-12-16-10-15-11-17(13-22)23(15,16)14-22/h2-3,6-7,15-17H,1,4-5,8-14H2,(H,24,25,26). The van der Waals surface area contributed by atoms with E-state index in [0.717, 1.165) is 53.5 Å². The van der Waals surface area contributed by atoms with E-state index in [2.05, 4.69) is 34.5 Å². The highest BCUT2D eigenvalue weighted by atomic mass is 15.3. The number of benzene rings is 1. The summed E-state index contributed by atoms with van der Waals surface area (Å²) in [5, 5.41) is 5.24. The van der Waals surface area contributed by atoms with E-state index in [4.69, 9.17) is 9.97 Å². The molecule has 1 aromatic heterocycles. The van der Waals surface area contributed by atoms with Gasteiger partial charge in [0.25, 0.3) is 0 Å². The first-order chi connectivity index (χ1) is 13.3. The van der Waals surface area contributed by atoms with E-state index in [1.54, 1.807) is 0 Å². The van der Waals surface area contributed by atoms with Crippen LogP contribution in [0.15, 0.2) is 24.3 Å². The molecule has 1 saturated heterocycles. The molecule has 5 aliphatic rings. The van der Waals surface area contributed by atoms with Gasteiger partial charge in [0.15, 0.2) is 0 Å². The predicted molar refractivity (Wildman–Crippen MR) is 108 cm³/mol. The summed E-state index contributed by atoms with van der Waals surface area (Å²) in [6.07, 6.45) is 11.0. The third-order valence-electron chi connectivity index (χ3n) is 8.95. The summed E-state index contributed by atoms with van der Waals surface area (Å²) in [5.74, 6) is 5.08. The molecule has 2 unspecified atom stereocenters. The Morgan fingerprint density at radius 2 is 1.70 bits per heavy atom. The fraction of sp³-hybridized carbons (Fsp3) is 0.652. The zero-order valence-electron chi connectivity index (χ0n) is 16.0. The third kappa shape index (κ3) is 1.85. The lowest BCUT2D eigenvalue weighted by atomic mass is 9.38. The van der Waals surface area contributed by atoms with Crippen molar-refractivity contribution in [2.75, 3.05) is 23.3 Å². The van der Waals surface area contributed by atoms with Crippen LogP contribution >= 0.6 is 0 Å². The molecular weight excluding hydrogens is 332 g/mol. The molecule has 27 heavy (non-hydrogen) atoms. The number of para-hydroxylation sites is 1. The molecule has 1 aromatic carbocycles. The minimum Gasteiger partial charge on any atom is -0.364 e. The van der Waals surface area contributed by atoms with Gasteiger partial charge in [-0.1, -0.05) is 12.1 Å². The SMILES string of the molecule is c1ccc2c(NC34CC5CC6CC(C3)C65C4)nc(N3CCCCC3)nc2c1. The van der Waals surface area contributed by atoms with E-state index < -0.39 is 0 Å². The largest absolute Gasteiger partial charge is 0.364 e. The lowest BCUT2D eigenvalue weighted by Gasteiger charge is -2.66. The number of fused-ring (bicyclic) bond motifs is 2. The molecule has 1 aliphatic heterocycles. The average Bonchev–Trinajstić information content (AvgIpc) is 3.15. The second kappa shape index (κ2) is 4.95. The Morgan fingerprint density at radius 3 is 2.44 bits per heavy atom. The van der Waals surface area contributed by atoms with E-state index in [1.165, 1.54) is 56.8 Å². The van der Waals surface area contributed by atoms with Gasteiger partial charge in [0.05, 0.1) is 5.52 Å². The number of aromatic nitrogens is 2. The van der Waals surface area contributed by atoms with E-state index >= 15 is 0 Å². The Kier molecular flexibility index (Phi) is 2.77. The van der Waals surface area contributed by atoms with Crippen molar-refractivity contribution in [1.29, 1.82) is 0 Å². The van der Waals surface area contributed by atoms with Gasteiger partial charge in [0.2, 0.25) is 5.95 Å². The molecule has 1 spiro atoms. The van der Waals surface area contributed by atoms with Gasteiger partial charge in [-0.2, -0.15) is 4.98 Å². The molecule has 5 fully saturated rings. The van der Waals surface area contributed by atoms with Gasteiger partial charge in [-0.05, 0) is 86.7 Å². The van der Waals surface area contributed by atoms with E-state index in [9.17, 15) is 0 Å². The van der Waals surface area contributed by atoms with Crippen molar-refractivity contribution in [2.24, 2.45) is 23.2 Å². The highest BCUT2D eigenvalue weighted by Crippen LogP contribution is 2.82. The van der Waals surface area contributed by atoms with Crippen LogP contribution in [0.4, 0.5) is 11.8 Å². The highest BCUT2D eigenvalue weighted by Gasteiger charge is 2.77. The Hall–Kier alpha value is -1.84. The van der Waals surface area contributed by atoms with Gasteiger partial charge >= 0.3 is 0 Å². The topological polar surface area (TPSA) is 41.1 Å². The fourth-order valence-electron chi connectivity index (χ4n) is 7.87. The minimum absolute atomic E-state index is 0.302. The monoisotopic (exact) mass is 360 g/mol. The number of nitrogens with zero attached hydrogens (tertiary/aromatic N) is 3. The number of hydrogen-bond donors (Lipinski definition) is 1. The Balaban J connectivity index is 1.29. The van der Waals surface area contributed by atoms with Gasteiger partial charge in [0, 0.05) is 24.0 Å². The van der Waals surface area contributed by atoms with Crippen LogP contribution in [0.25, 0.3) is 10.9 Å². The molecule has 2 atom stereocenters. The van der Waals surface area contributed by atoms with Crippen LogP contribution in [0.1, 0.15) is 51.4 Å². The van der Waals surface area contributed by atoms with E-state index in [-0.39, 0.29) is 0 Å². The first-order valence-corrected chi connectivity index (χ1v) is 11.1. The summed E-state index contributed by atoms with van der Waals surface area (Å²) in [4.78, 5) is 12.4. The molecule has 2 aromatic rings. The summed E-state index contributed by atoms with van der Waals surface area (Å²) >= 11 is 0. The number of nitrogens with one attached hydrogen (secondary N) is 1. The van der Waals surface area contributed by atoms with Crippen LogP contribution in [0.3, 0.4) is 0 Å². The number of hydrogen-bond acceptors (Lipinski definition) is 4. The van der Waals surface area contributed by atoms with Crippen molar-refractivity contribution in [3.05, 3.63) is 24.3 Å². The maximum absolute atomic E-state index is 5.11. The molecule has 4 heteroatoms. The normalized spacial score (nSPS) is 41.2. The number of piperidine rings is 1. The second-order valence-corrected chi connectivity index (χ2v) is 10.1. The lowest BCUT2D eigenvalue weighted by molar-refractivity contribution is -0.175. The molecule has 140 valence electrons. The van der Waals surface area contributed by atoms with Gasteiger partial charge in [0.1, 0.15) is 5.82 Å². The first-order valence-electron chi connectivity index (χ1n) is 11.1. The molecular formula is C23H28N4. The average molecular weight is 361 g/mol. The van der Waals surface area contributed by atoms with Gasteiger partial charge in [-0.15, -0.1) is 0 Å². The van der Waals surface area contributed by atoms with Crippen LogP contribution in [0.5, 0.6) is 0 Å². The number of rotatable bonds is 3. The van der Waals surface area contributed by atoms with Crippen LogP contribution in [0.2, 0.25) is 0 Å². The zero-order chi connectivity index (χ0) is 17.6. The smallest absolute Gasteiger partial charge is 0.227 e. The highest BCUT2D eigenvalue weighted by molar-refractivity contribution is 5.90. The summed E-state index contributed by atoms with van der Waals surface area (Å²) in [6.45, 7) is 2.19. The Morgan fingerprint density at radius 1 is 0.926 bits per heavy atom. The minimum atomic E-state index is 0.302. The van der Waals surface area contributed by atoms with Crippen molar-refractivity contribution < 1.29 is 0 Å². The second-order valence-electron chi connectivity index (χ2n) is 10.1. The third-order valence-corrected chi connectivity index (χ3v) is 8.95. The summed E-state index contributed by atoms with van der Waals surface area (Å²) in [7, 11) is 0. The van der Waals surface area contributed by atoms with E-state index in [1.807, 2.05) is 0 Å². The fourth-order valence-corrected chi connectivity index (χ4v) is 7.87. The van der Waals surface area contributed by atoms with Crippen LogP contribution in [-0.4, -0.2) is 28.6 Å². The number of anilines is 2. The quantitative estimate of drug-likeness (QED) is 0.868. The maximum Gasteiger partial charge on any atom is 0.227 e. The lowest BCUT2D eigenvalue weighted by Crippen LogP contribution is -2.59. The molecule has 4 saturated carbocycles. The summed E-state index contributed by atoms with van der Waals surface area (Å²) in [6, 6.07) is 8.58. The van der Waals surface area contributed by atoms with Crippen LogP contribution in [-0.2, 0) is 0 Å². The van der Waals surface area contributed by atoms with Crippen molar-refractivity contribution >= 4 is 22.7 Å². The van der Waals surface area contributed by atoms with Crippen LogP contribution in [0, 0.1) is 23.2 Å². The molecule has 1 N–H and O–H groups in total. The summed E-state index contributed by atoms with van der Waals surface area (Å²) in [5.41, 5.74) is 2.13. The Bertz CT molecular complexity index is 915. The molecule has 4 nitrogen and oxygen atoms in total. The maximum atomic E-state index is 5.11. The van der Waals surface area contributed by atoms with Crippen molar-refractivity contribution in [1.82, 2.24) is 9.97 Å². The molecule has 2 heterocycles. The van der Waals surface area contributed by atoms with Crippen LogP contribution < -0.4 is 10.2 Å². The molecule has 2 bridgehead atoms. The van der Waals surface area contributed by atoms with Gasteiger partial charge < -0.3 is 10.2 Å². The predicted octanol–water partition coefficient (Wildman–Crippen LogP) is 4.61. The molecule has 4 aliphatic carbocycles. The van der Waals surface area contributed by atoms with E-state index in [0.29, 0.717) is 5.54 Å².